The second kappa shape index (κ2) is 8.88. The Morgan fingerprint density at radius 2 is 2.44 bits per heavy atom. The minimum absolute atomic E-state index is 0. The molecule has 0 fully saturated rings. The van der Waals surface area contributed by atoms with Gasteiger partial charge in [0, 0.05) is 7.11 Å². The predicted molar refractivity (Wildman–Crippen MR) is 38.1 cm³/mol. The van der Waals surface area contributed by atoms with Gasteiger partial charge in [0.05, 0.1) is 0 Å². The van der Waals surface area contributed by atoms with Gasteiger partial charge in [-0.1, -0.05) is 0 Å². The molecule has 48 valence electrons. The van der Waals surface area contributed by atoms with E-state index in [9.17, 15) is 0 Å². The van der Waals surface area contributed by atoms with Crippen molar-refractivity contribution in [1.82, 2.24) is 0 Å². The Hall–Kier alpha value is 0.880. The number of nitrogens with two attached hydrogens (primary N) is 1. The van der Waals surface area contributed by atoms with Crippen LogP contribution in [0.4, 0.5) is 0 Å². The third-order valence-electron chi connectivity index (χ3n) is 0.281. The summed E-state index contributed by atoms with van der Waals surface area (Å²) in [4.78, 5) is 3.45. The third kappa shape index (κ3) is 12.2. The van der Waals surface area contributed by atoms with Crippen molar-refractivity contribution >= 4 is 26.3 Å². The zero-order valence-electron chi connectivity index (χ0n) is 6.29. The van der Waals surface area contributed by atoms with Crippen molar-refractivity contribution in [1.29, 1.82) is 0 Å². The Balaban J connectivity index is -0.000000245. The summed E-state index contributed by atoms with van der Waals surface area (Å²) in [5.74, 6) is 0. The summed E-state index contributed by atoms with van der Waals surface area (Å²) >= 11 is 4.38. The summed E-state index contributed by atoms with van der Waals surface area (Å²) in [6.45, 7) is 0. The van der Waals surface area contributed by atoms with Crippen molar-refractivity contribution in [2.45, 2.75) is 0 Å². The molecule has 0 aliphatic rings. The van der Waals surface area contributed by atoms with E-state index in [-0.39, 0.29) is 45.1 Å². The first-order valence-corrected chi connectivity index (χ1v) is 3.02. The van der Waals surface area contributed by atoms with Gasteiger partial charge in [-0.3, -0.25) is 0 Å². The maximum absolute atomic E-state index is 4.95. The average molecular weight is 175 g/mol. The van der Waals surface area contributed by atoms with Gasteiger partial charge < -0.3 is 11.7 Å². The van der Waals surface area contributed by atoms with Gasteiger partial charge in [0.1, 0.15) is 0 Å². The van der Waals surface area contributed by atoms with Gasteiger partial charge >= 0.3 is 29.6 Å². The molecule has 0 aromatic carbocycles. The van der Waals surface area contributed by atoms with E-state index in [0.717, 1.165) is 0 Å². The molecule has 7 heteroatoms. The summed E-state index contributed by atoms with van der Waals surface area (Å²) in [6.07, 6.45) is 0. The SMILES string of the molecule is COPN=NC(N)=S.[H-].[Na+]. The molecular weight excluding hydrogens is 168 g/mol. The summed E-state index contributed by atoms with van der Waals surface area (Å²) in [5.41, 5.74) is 4.95. The first-order chi connectivity index (χ1) is 3.77. The Bertz CT molecular complexity index is 115. The van der Waals surface area contributed by atoms with Crippen LogP contribution < -0.4 is 35.3 Å². The normalized spacial score (nSPS) is 10.3. The number of rotatable bonds is 2. The molecule has 0 radical (unpaired) electrons. The van der Waals surface area contributed by atoms with Crippen LogP contribution in [0.25, 0.3) is 0 Å². The first-order valence-electron chi connectivity index (χ1n) is 1.75. The Morgan fingerprint density at radius 1 is 1.89 bits per heavy atom. The van der Waals surface area contributed by atoms with E-state index in [0.29, 0.717) is 0 Å². The van der Waals surface area contributed by atoms with Crippen LogP contribution in [0.2, 0.25) is 0 Å². The van der Waals surface area contributed by atoms with Crippen LogP contribution >= 0.6 is 21.2 Å². The molecule has 0 heterocycles. The van der Waals surface area contributed by atoms with E-state index >= 15 is 0 Å². The van der Waals surface area contributed by atoms with E-state index in [4.69, 9.17) is 5.73 Å². The molecule has 0 aromatic heterocycles. The van der Waals surface area contributed by atoms with Crippen LogP contribution in [-0.4, -0.2) is 12.2 Å². The molecule has 1 atom stereocenters. The molecule has 4 nitrogen and oxygen atoms in total. The fourth-order valence-corrected chi connectivity index (χ4v) is 0.454. The topological polar surface area (TPSA) is 60.0 Å². The number of hydrogen-bond donors (Lipinski definition) is 1. The molecule has 0 bridgehead atoms. The summed E-state index contributed by atoms with van der Waals surface area (Å²) in [6, 6.07) is 0. The van der Waals surface area contributed by atoms with Crippen LogP contribution in [0.5, 0.6) is 0 Å². The van der Waals surface area contributed by atoms with Gasteiger partial charge in [-0.05, 0) is 12.2 Å². The second-order valence-electron chi connectivity index (χ2n) is 0.834. The molecule has 0 spiro atoms. The fraction of sp³-hybridized carbons (Fsp3) is 0.500. The molecule has 0 aliphatic heterocycles. The molecule has 0 saturated carbocycles. The van der Waals surface area contributed by atoms with Crippen molar-refractivity contribution in [2.75, 3.05) is 7.11 Å². The van der Waals surface area contributed by atoms with Crippen molar-refractivity contribution < 1.29 is 35.5 Å². The standard InChI is InChI=1S/C2H6N3OPS.Na.H/c1-6-7-5-4-2(3)8;;/h7H,1H3,(H2,3,8);;/q;+1;-1. The number of thiocarbonyl (C=S) groups is 1. The third-order valence-corrected chi connectivity index (χ3v) is 0.727. The number of nitrogens with zero attached hydrogens (tertiary/aromatic N) is 2. The van der Waals surface area contributed by atoms with Crippen LogP contribution in [0.15, 0.2) is 10.00 Å². The van der Waals surface area contributed by atoms with Gasteiger partial charge in [0.15, 0.2) is 8.96 Å². The molecule has 9 heavy (non-hydrogen) atoms. The van der Waals surface area contributed by atoms with Gasteiger partial charge in [0.25, 0.3) is 0 Å². The van der Waals surface area contributed by atoms with Crippen molar-refractivity contribution in [3.8, 4) is 0 Å². The van der Waals surface area contributed by atoms with Crippen LogP contribution in [0, 0.1) is 0 Å². The number of hydrogen-bond acceptors (Lipinski definition) is 3. The van der Waals surface area contributed by atoms with E-state index in [1.165, 1.54) is 7.11 Å². The molecule has 0 saturated heterocycles. The summed E-state index contributed by atoms with van der Waals surface area (Å²) in [5, 5.41) is 3.37. The van der Waals surface area contributed by atoms with Gasteiger partial charge in [-0.25, -0.2) is 0 Å². The van der Waals surface area contributed by atoms with E-state index in [2.05, 4.69) is 26.7 Å². The smallest absolute Gasteiger partial charge is 1.00 e. The van der Waals surface area contributed by atoms with Crippen molar-refractivity contribution in [3.05, 3.63) is 0 Å². The first kappa shape index (κ1) is 12.5. The minimum atomic E-state index is -0.00150. The maximum Gasteiger partial charge on any atom is 1.00 e. The minimum Gasteiger partial charge on any atom is -1.00 e. The monoisotopic (exact) mass is 175 g/mol. The zero-order chi connectivity index (χ0) is 6.41. The van der Waals surface area contributed by atoms with Crippen molar-refractivity contribution in [2.24, 2.45) is 15.7 Å². The quantitative estimate of drug-likeness (QED) is 0.227. The van der Waals surface area contributed by atoms with Gasteiger partial charge in [-0.2, -0.15) is 0 Å². The van der Waals surface area contributed by atoms with Gasteiger partial charge in [0.2, 0.25) is 5.11 Å². The van der Waals surface area contributed by atoms with Crippen molar-refractivity contribution in [3.63, 3.8) is 0 Å². The zero-order valence-corrected chi connectivity index (χ0v) is 9.10. The van der Waals surface area contributed by atoms with Crippen LogP contribution in [-0.2, 0) is 4.52 Å². The second-order valence-corrected chi connectivity index (χ2v) is 2.04. The van der Waals surface area contributed by atoms with E-state index < -0.39 is 0 Å². The van der Waals surface area contributed by atoms with Gasteiger partial charge in [-0.15, -0.1) is 10.00 Å². The summed E-state index contributed by atoms with van der Waals surface area (Å²) in [7, 11) is 1.52. The van der Waals surface area contributed by atoms with Crippen LogP contribution in [0.3, 0.4) is 0 Å². The maximum atomic E-state index is 4.95. The average Bonchev–Trinajstić information content (AvgIpc) is 1.66. The molecule has 0 rings (SSSR count). The Labute approximate surface area is 84.3 Å². The largest absolute Gasteiger partial charge is 1.00 e. The fourth-order valence-electron chi connectivity index (χ4n) is 0.111. The molecule has 2 N–H and O–H groups in total. The van der Waals surface area contributed by atoms with Crippen LogP contribution in [0.1, 0.15) is 1.43 Å². The molecule has 0 aliphatic carbocycles. The molecule has 1 unspecified atom stereocenters. The summed E-state index contributed by atoms with van der Waals surface area (Å²) < 4.78 is 4.54. The Morgan fingerprint density at radius 3 is 2.78 bits per heavy atom. The predicted octanol–water partition coefficient (Wildman–Crippen LogP) is -2.05. The molecular formula is C2H7N3NaOPS. The van der Waals surface area contributed by atoms with E-state index in [1.807, 2.05) is 0 Å². The molecule has 0 amide bonds. The van der Waals surface area contributed by atoms with E-state index in [1.54, 1.807) is 0 Å². The Kier molecular flexibility index (Phi) is 12.4. The molecule has 0 aromatic rings.